The highest BCUT2D eigenvalue weighted by atomic mass is 35.5. The van der Waals surface area contributed by atoms with Gasteiger partial charge in [0.05, 0.1) is 15.0 Å². The van der Waals surface area contributed by atoms with Crippen LogP contribution in [0.4, 0.5) is 5.69 Å². The van der Waals surface area contributed by atoms with Crippen LogP contribution in [-0.4, -0.2) is 16.8 Å². The number of hydrogen-bond donors (Lipinski definition) is 0. The van der Waals surface area contributed by atoms with Crippen molar-refractivity contribution in [1.29, 1.82) is 0 Å². The number of halogens is 3. The van der Waals surface area contributed by atoms with Gasteiger partial charge in [0.15, 0.2) is 6.61 Å². The molecule has 0 amide bonds. The molecule has 0 aliphatic heterocycles. The van der Waals surface area contributed by atoms with E-state index in [1.807, 2.05) is 0 Å². The molecule has 0 saturated carbocycles. The lowest BCUT2D eigenvalue weighted by atomic mass is 10.3. The lowest BCUT2D eigenvalue weighted by Gasteiger charge is -2.10. The molecule has 0 spiro atoms. The average molecular weight is 377 g/mol. The van der Waals surface area contributed by atoms with Crippen molar-refractivity contribution in [3.8, 4) is 17.2 Å². The van der Waals surface area contributed by atoms with Crippen molar-refractivity contribution in [2.24, 2.45) is 0 Å². The average Bonchev–Trinajstić information content (AvgIpc) is 2.48. The van der Waals surface area contributed by atoms with Gasteiger partial charge in [-0.3, -0.25) is 14.9 Å². The lowest BCUT2D eigenvalue weighted by Crippen LogP contribution is -2.04. The minimum Gasteiger partial charge on any atom is -0.483 e. The zero-order valence-corrected chi connectivity index (χ0v) is 13.6. The molecule has 0 unspecified atom stereocenters. The number of carbonyl (C=O) groups is 1. The van der Waals surface area contributed by atoms with E-state index in [2.05, 4.69) is 0 Å². The summed E-state index contributed by atoms with van der Waals surface area (Å²) in [5.74, 6) is 0.844. The Labute approximate surface area is 145 Å². The number of nitro benzene ring substituents is 1. The Bertz CT molecular complexity index is 766. The first-order valence-corrected chi connectivity index (χ1v) is 7.22. The fourth-order valence-corrected chi connectivity index (χ4v) is 2.10. The molecule has 0 aromatic heterocycles. The lowest BCUT2D eigenvalue weighted by molar-refractivity contribution is -0.384. The van der Waals surface area contributed by atoms with Crippen LogP contribution >= 0.6 is 34.8 Å². The molecule has 120 valence electrons. The molecule has 0 bridgehead atoms. The molecule has 23 heavy (non-hydrogen) atoms. The molecule has 9 heteroatoms. The van der Waals surface area contributed by atoms with Crippen molar-refractivity contribution in [3.05, 3.63) is 56.6 Å². The molecule has 0 aliphatic carbocycles. The maximum Gasteiger partial charge on any atom is 0.271 e. The van der Waals surface area contributed by atoms with Crippen LogP contribution in [0.25, 0.3) is 0 Å². The Morgan fingerprint density at radius 1 is 1.09 bits per heavy atom. The molecule has 0 N–H and O–H groups in total. The van der Waals surface area contributed by atoms with E-state index in [1.165, 1.54) is 36.4 Å². The minimum atomic E-state index is -0.654. The summed E-state index contributed by atoms with van der Waals surface area (Å²) in [6.07, 6.45) is 0. The van der Waals surface area contributed by atoms with Gasteiger partial charge < -0.3 is 9.47 Å². The Morgan fingerprint density at radius 2 is 1.74 bits per heavy atom. The first kappa shape index (κ1) is 17.3. The van der Waals surface area contributed by atoms with Crippen molar-refractivity contribution >= 4 is 45.7 Å². The van der Waals surface area contributed by atoms with Gasteiger partial charge in [0.2, 0.25) is 0 Å². The van der Waals surface area contributed by atoms with E-state index >= 15 is 0 Å². The predicted octanol–water partition coefficient (Wildman–Crippen LogP) is 4.84. The molecule has 2 aromatic rings. The van der Waals surface area contributed by atoms with Crippen molar-refractivity contribution in [3.63, 3.8) is 0 Å². The number of benzene rings is 2. The van der Waals surface area contributed by atoms with Gasteiger partial charge in [-0.05, 0) is 29.8 Å². The molecule has 0 heterocycles. The highest BCUT2D eigenvalue weighted by Crippen LogP contribution is 2.35. The number of hydrogen-bond acceptors (Lipinski definition) is 5. The highest BCUT2D eigenvalue weighted by Gasteiger charge is 2.12. The molecule has 0 radical (unpaired) electrons. The smallest absolute Gasteiger partial charge is 0.271 e. The van der Waals surface area contributed by atoms with Crippen LogP contribution < -0.4 is 9.47 Å². The second kappa shape index (κ2) is 7.50. The number of rotatable bonds is 6. The molecule has 0 saturated heterocycles. The highest BCUT2D eigenvalue weighted by molar-refractivity contribution is 6.63. The first-order chi connectivity index (χ1) is 10.9. The topological polar surface area (TPSA) is 78.7 Å². The van der Waals surface area contributed by atoms with Gasteiger partial charge >= 0.3 is 0 Å². The van der Waals surface area contributed by atoms with Gasteiger partial charge in [-0.2, -0.15) is 0 Å². The largest absolute Gasteiger partial charge is 0.483 e. The Hall–Kier alpha value is -2.02. The monoisotopic (exact) mass is 375 g/mol. The summed E-state index contributed by atoms with van der Waals surface area (Å²) in [6, 6.07) is 8.32. The fourth-order valence-electron chi connectivity index (χ4n) is 1.61. The Kier molecular flexibility index (Phi) is 5.65. The number of ether oxygens (including phenoxy) is 2. The van der Waals surface area contributed by atoms with Crippen LogP contribution in [-0.2, 0) is 4.79 Å². The van der Waals surface area contributed by atoms with Crippen LogP contribution in [0, 0.1) is 10.1 Å². The third kappa shape index (κ3) is 4.72. The van der Waals surface area contributed by atoms with Crippen LogP contribution in [0.1, 0.15) is 0 Å². The maximum absolute atomic E-state index is 10.7. The fraction of sp³-hybridized carbons (Fsp3) is 0.0714. The van der Waals surface area contributed by atoms with Crippen molar-refractivity contribution in [2.75, 3.05) is 6.61 Å². The van der Waals surface area contributed by atoms with Gasteiger partial charge in [0.25, 0.3) is 10.9 Å². The molecule has 2 rings (SSSR count). The summed E-state index contributed by atoms with van der Waals surface area (Å²) in [6.45, 7) is -0.310. The SMILES string of the molecule is O=C(Cl)COc1ccc(Oc2ccc([N+](=O)[O-])cc2Cl)cc1Cl. The first-order valence-electron chi connectivity index (χ1n) is 6.09. The van der Waals surface area contributed by atoms with Crippen LogP contribution in [0.2, 0.25) is 10.0 Å². The Balaban J connectivity index is 2.16. The van der Waals surface area contributed by atoms with E-state index in [-0.39, 0.29) is 33.8 Å². The summed E-state index contributed by atoms with van der Waals surface area (Å²) in [4.78, 5) is 20.8. The van der Waals surface area contributed by atoms with Crippen molar-refractivity contribution in [1.82, 2.24) is 0 Å². The van der Waals surface area contributed by atoms with E-state index in [1.54, 1.807) is 0 Å². The van der Waals surface area contributed by atoms with E-state index in [0.717, 1.165) is 0 Å². The van der Waals surface area contributed by atoms with Gasteiger partial charge in [0, 0.05) is 18.2 Å². The van der Waals surface area contributed by atoms with Crippen molar-refractivity contribution in [2.45, 2.75) is 0 Å². The van der Waals surface area contributed by atoms with Crippen LogP contribution in [0.5, 0.6) is 17.2 Å². The molecule has 2 aromatic carbocycles. The number of non-ortho nitro benzene ring substituents is 1. The molecule has 6 nitrogen and oxygen atoms in total. The zero-order chi connectivity index (χ0) is 17.0. The normalized spacial score (nSPS) is 10.2. The third-order valence-electron chi connectivity index (χ3n) is 2.60. The number of carbonyl (C=O) groups excluding carboxylic acids is 1. The molecular formula is C14H8Cl3NO5. The quantitative estimate of drug-likeness (QED) is 0.409. The Morgan fingerprint density at radius 3 is 2.30 bits per heavy atom. The molecule has 0 fully saturated rings. The van der Waals surface area contributed by atoms with Crippen LogP contribution in [0.15, 0.2) is 36.4 Å². The van der Waals surface area contributed by atoms with E-state index in [4.69, 9.17) is 44.3 Å². The van der Waals surface area contributed by atoms with Gasteiger partial charge in [0.1, 0.15) is 17.2 Å². The van der Waals surface area contributed by atoms with Crippen LogP contribution in [0.3, 0.4) is 0 Å². The number of nitro groups is 1. The van der Waals surface area contributed by atoms with Gasteiger partial charge in [-0.15, -0.1) is 0 Å². The summed E-state index contributed by atoms with van der Waals surface area (Å²) in [7, 11) is 0. The standard InChI is InChI=1S/C14H8Cl3NO5/c15-10-5-8(18(20)21)1-3-13(10)23-9-2-4-12(11(16)6-9)22-7-14(17)19/h1-6H,7H2. The van der Waals surface area contributed by atoms with E-state index in [9.17, 15) is 14.9 Å². The maximum atomic E-state index is 10.7. The molecule has 0 atom stereocenters. The molecular weight excluding hydrogens is 369 g/mol. The summed E-state index contributed by atoms with van der Waals surface area (Å²) >= 11 is 17.1. The van der Waals surface area contributed by atoms with E-state index < -0.39 is 10.2 Å². The second-order valence-electron chi connectivity index (χ2n) is 4.21. The predicted molar refractivity (Wildman–Crippen MR) is 86.0 cm³/mol. The summed E-state index contributed by atoms with van der Waals surface area (Å²) < 4.78 is 10.6. The van der Waals surface area contributed by atoms with Crippen molar-refractivity contribution < 1.29 is 19.2 Å². The summed E-state index contributed by atoms with van der Waals surface area (Å²) in [5.41, 5.74) is -0.144. The minimum absolute atomic E-state index is 0.0865. The number of nitrogens with zero attached hydrogens (tertiary/aromatic N) is 1. The zero-order valence-electron chi connectivity index (χ0n) is 11.3. The van der Waals surface area contributed by atoms with E-state index in [0.29, 0.717) is 5.75 Å². The van der Waals surface area contributed by atoms with Gasteiger partial charge in [-0.25, -0.2) is 0 Å². The molecule has 0 aliphatic rings. The second-order valence-corrected chi connectivity index (χ2v) is 5.45. The third-order valence-corrected chi connectivity index (χ3v) is 3.30. The summed E-state index contributed by atoms with van der Waals surface area (Å²) in [5, 5.41) is 10.3. The van der Waals surface area contributed by atoms with Gasteiger partial charge in [-0.1, -0.05) is 23.2 Å².